The van der Waals surface area contributed by atoms with Crippen LogP contribution in [0.2, 0.25) is 0 Å². The van der Waals surface area contributed by atoms with E-state index in [2.05, 4.69) is 93.0 Å². The Morgan fingerprint density at radius 3 is 1.38 bits per heavy atom. The summed E-state index contributed by atoms with van der Waals surface area (Å²) in [6.45, 7) is 18.1. The van der Waals surface area contributed by atoms with Gasteiger partial charge in [0.25, 0.3) is 0 Å². The minimum absolute atomic E-state index is 0.0264. The molecule has 462 valence electrons. The van der Waals surface area contributed by atoms with Gasteiger partial charge in [0.05, 0.1) is 39.6 Å². The summed E-state index contributed by atoms with van der Waals surface area (Å²) in [6.07, 6.45) is 20.6. The van der Waals surface area contributed by atoms with E-state index < -0.39 is 52.1 Å². The van der Waals surface area contributed by atoms with Crippen molar-refractivity contribution < 1.29 is 57.2 Å². The lowest BCUT2D eigenvalue weighted by molar-refractivity contribution is -0.173. The minimum Gasteiger partial charge on any atom is -0.465 e. The third-order valence-electron chi connectivity index (χ3n) is 15.2. The number of ether oxygens (including phenoxy) is 6. The molecule has 87 heavy (non-hydrogen) atoms. The van der Waals surface area contributed by atoms with Crippen LogP contribution in [0.1, 0.15) is 159 Å². The van der Waals surface area contributed by atoms with Gasteiger partial charge in [-0.05, 0) is 154 Å². The first-order valence-corrected chi connectivity index (χ1v) is 31.0. The monoisotopic (exact) mass is 1180 g/mol. The Bertz CT molecular complexity index is 3080. The predicted octanol–water partition coefficient (Wildman–Crippen LogP) is 14.2. The molecular formula is C75H90O12. The molecule has 0 unspecified atom stereocenters. The van der Waals surface area contributed by atoms with E-state index in [-0.39, 0.29) is 52.5 Å². The zero-order valence-electron chi connectivity index (χ0n) is 52.9. The number of unbranched alkanes of at least 4 members (excludes halogenated alkanes) is 4. The molecule has 5 aromatic rings. The van der Waals surface area contributed by atoms with Crippen LogP contribution in [0.5, 0.6) is 0 Å². The van der Waals surface area contributed by atoms with Gasteiger partial charge < -0.3 is 28.4 Å². The van der Waals surface area contributed by atoms with Crippen LogP contribution < -0.4 is 0 Å². The van der Waals surface area contributed by atoms with E-state index >= 15 is 0 Å². The second kappa shape index (κ2) is 37.2. The molecule has 2 aliphatic rings. The number of hydrogen-bond donors (Lipinski definition) is 0. The Labute approximate surface area is 518 Å². The van der Waals surface area contributed by atoms with Crippen LogP contribution in [0.3, 0.4) is 0 Å². The summed E-state index contributed by atoms with van der Waals surface area (Å²) in [7, 11) is 0. The van der Waals surface area contributed by atoms with Gasteiger partial charge in [-0.1, -0.05) is 149 Å². The number of esters is 6. The molecule has 12 heteroatoms. The maximum atomic E-state index is 12.9. The molecule has 0 saturated carbocycles. The Hall–Kier alpha value is -8.40. The summed E-state index contributed by atoms with van der Waals surface area (Å²) in [5.74, 6) is 7.51. The molecule has 0 heterocycles. The van der Waals surface area contributed by atoms with E-state index in [1.54, 1.807) is 41.5 Å². The molecule has 0 amide bonds. The molecule has 0 radical (unpaired) electrons. The topological polar surface area (TPSA) is 158 Å². The molecular weight excluding hydrogens is 1090 g/mol. The van der Waals surface area contributed by atoms with E-state index in [1.807, 2.05) is 66.7 Å². The van der Waals surface area contributed by atoms with E-state index in [0.29, 0.717) is 25.7 Å². The van der Waals surface area contributed by atoms with Gasteiger partial charge in [-0.15, -0.1) is 30.6 Å². The largest absolute Gasteiger partial charge is 0.465 e. The highest BCUT2D eigenvalue weighted by Crippen LogP contribution is 2.45. The molecule has 0 fully saturated rings. The highest BCUT2D eigenvalue weighted by atomic mass is 16.6. The van der Waals surface area contributed by atoms with Crippen molar-refractivity contribution >= 4 is 35.8 Å². The van der Waals surface area contributed by atoms with Gasteiger partial charge in [0.15, 0.2) is 16.2 Å². The third kappa shape index (κ3) is 19.0. The zero-order chi connectivity index (χ0) is 63.7. The fourth-order valence-corrected chi connectivity index (χ4v) is 10.7. The smallest absolute Gasteiger partial charge is 0.325 e. The lowest BCUT2D eigenvalue weighted by Gasteiger charge is -2.25. The molecule has 0 spiro atoms. The van der Waals surface area contributed by atoms with Gasteiger partial charge in [-0.25, -0.2) is 0 Å². The molecule has 0 atom stereocenters. The Morgan fingerprint density at radius 2 is 0.920 bits per heavy atom. The Balaban J connectivity index is 0.000000265. The number of carbonyl (C=O) groups excluding carboxylic acids is 6. The minimum atomic E-state index is -1.51. The van der Waals surface area contributed by atoms with Crippen molar-refractivity contribution in [1.82, 2.24) is 0 Å². The molecule has 0 bridgehead atoms. The molecule has 0 aromatic heterocycles. The van der Waals surface area contributed by atoms with Crippen molar-refractivity contribution in [3.05, 3.63) is 154 Å². The molecule has 2 aliphatic carbocycles. The lowest BCUT2D eigenvalue weighted by Crippen LogP contribution is -2.43. The molecule has 0 N–H and O–H groups in total. The van der Waals surface area contributed by atoms with Crippen molar-refractivity contribution in [3.63, 3.8) is 0 Å². The summed E-state index contributed by atoms with van der Waals surface area (Å²) >= 11 is 0. The first kappa shape index (κ1) is 71.1. The summed E-state index contributed by atoms with van der Waals surface area (Å²) in [5.41, 5.74) is 8.27. The normalized spacial score (nSPS) is 12.7. The Kier molecular flexibility index (Phi) is 30.4. The van der Waals surface area contributed by atoms with Gasteiger partial charge in [0.1, 0.15) is 0 Å². The number of carbonyl (C=O) groups is 6. The summed E-state index contributed by atoms with van der Waals surface area (Å²) in [4.78, 5) is 76.0. The van der Waals surface area contributed by atoms with Crippen molar-refractivity contribution in [2.45, 2.75) is 159 Å². The highest BCUT2D eigenvalue weighted by molar-refractivity contribution is 6.03. The fourth-order valence-electron chi connectivity index (χ4n) is 10.7. The van der Waals surface area contributed by atoms with Gasteiger partial charge in [0.2, 0.25) is 0 Å². The molecule has 7 rings (SSSR count). The first-order valence-electron chi connectivity index (χ1n) is 31.0. The van der Waals surface area contributed by atoms with E-state index in [9.17, 15) is 28.8 Å². The van der Waals surface area contributed by atoms with E-state index in [4.69, 9.17) is 41.3 Å². The molecule has 0 saturated heterocycles. The number of aryl methyl sites for hydroxylation is 1. The average molecular weight is 1180 g/mol. The van der Waals surface area contributed by atoms with Gasteiger partial charge in [0, 0.05) is 37.7 Å². The number of rotatable bonds is 24. The van der Waals surface area contributed by atoms with Crippen LogP contribution in [0, 0.1) is 52.8 Å². The fraction of sp³-hybridized carbons (Fsp3) is 0.440. The molecule has 5 aromatic carbocycles. The highest BCUT2D eigenvalue weighted by Gasteiger charge is 2.55. The zero-order valence-corrected chi connectivity index (χ0v) is 52.9. The second-order valence-electron chi connectivity index (χ2n) is 21.2. The number of fused-ring (bicyclic) bond motifs is 2. The number of hydrogen-bond acceptors (Lipinski definition) is 12. The van der Waals surface area contributed by atoms with Gasteiger partial charge in [-0.3, -0.25) is 28.8 Å². The standard InChI is InChI=1S/2C25H30O4.C17H24O4.C8H6/c1-4-7-13-21-20(18-11-9-8-10-12-18)15-14-19-16-25(17-22(19)21,23(26)28-5-2)24(27)29-6-3;1-4-7-11-19-14-20(18-12-9-8-10-13-18)15-21-16-25(17-22(19)21,23(26)28-5-2)24(27)29-6-3;1-5-9-10-11-12-14-17(13-6-2,15(18)20-7-3)16(19)21-8-4;1-2-8-6-4-3-5-7-8/h8-12,14-15H,4-7,13,16-17H2,1-3H3;8-10,12-15H,4-7,11,16-17H2,1-3H3;2H,5,7-10,13-14H2,1,3-4H3;1,3-7H. The number of benzene rings is 5. The van der Waals surface area contributed by atoms with Crippen molar-refractivity contribution in [1.29, 1.82) is 0 Å². The van der Waals surface area contributed by atoms with Gasteiger partial charge in [-0.2, -0.15) is 0 Å². The van der Waals surface area contributed by atoms with Crippen LogP contribution in [0.4, 0.5) is 0 Å². The van der Waals surface area contributed by atoms with Crippen molar-refractivity contribution in [3.8, 4) is 58.8 Å². The van der Waals surface area contributed by atoms with Crippen LogP contribution in [-0.4, -0.2) is 75.5 Å². The Morgan fingerprint density at radius 1 is 0.460 bits per heavy atom. The van der Waals surface area contributed by atoms with Crippen LogP contribution in [0.15, 0.2) is 115 Å². The van der Waals surface area contributed by atoms with Gasteiger partial charge >= 0.3 is 35.8 Å². The molecule has 12 nitrogen and oxygen atoms in total. The average Bonchev–Trinajstić information content (AvgIpc) is 1.71. The first-order chi connectivity index (χ1) is 42.1. The predicted molar refractivity (Wildman–Crippen MR) is 343 cm³/mol. The quantitative estimate of drug-likeness (QED) is 0.0190. The second-order valence-corrected chi connectivity index (χ2v) is 21.2. The number of terminal acetylenes is 2. The third-order valence-corrected chi connectivity index (χ3v) is 15.2. The van der Waals surface area contributed by atoms with Crippen LogP contribution in [-0.2, 0) is 95.7 Å². The van der Waals surface area contributed by atoms with E-state index in [0.717, 1.165) is 102 Å². The summed E-state index contributed by atoms with van der Waals surface area (Å²) < 4.78 is 31.3. The van der Waals surface area contributed by atoms with Crippen molar-refractivity contribution in [2.75, 3.05) is 39.6 Å². The van der Waals surface area contributed by atoms with E-state index in [1.165, 1.54) is 16.7 Å². The molecule has 0 aliphatic heterocycles. The van der Waals surface area contributed by atoms with Crippen LogP contribution >= 0.6 is 0 Å². The SMILES string of the molecule is C#CCC(CC#CCCCC)(C(=O)OCC)C(=O)OCC.C#Cc1ccccc1.CCCCc1c(-c2ccccc2)ccc2c1CC(C(=O)OCC)(C(=O)OCC)C2.CCCCc1cc(-c2ccccc2)cc2c1CC(C(=O)OCC)(C(=O)OCC)C2. The van der Waals surface area contributed by atoms with Crippen molar-refractivity contribution in [2.24, 2.45) is 16.2 Å². The maximum absolute atomic E-state index is 12.9. The maximum Gasteiger partial charge on any atom is 0.325 e. The summed E-state index contributed by atoms with van der Waals surface area (Å²) in [6, 6.07) is 38.7. The summed E-state index contributed by atoms with van der Waals surface area (Å²) in [5, 5.41) is 0. The lowest BCUT2D eigenvalue weighted by atomic mass is 9.81. The van der Waals surface area contributed by atoms with Crippen LogP contribution in [0.25, 0.3) is 22.3 Å².